The normalized spacial score (nSPS) is 24.8. The molecule has 4 heterocycles. The van der Waals surface area contributed by atoms with Gasteiger partial charge >= 0.3 is 12.6 Å². The van der Waals surface area contributed by atoms with E-state index in [2.05, 4.69) is 19.9 Å². The molecule has 1 aromatic carbocycles. The second-order valence-electron chi connectivity index (χ2n) is 10.5. The molecule has 3 aromatic heterocycles. The highest BCUT2D eigenvalue weighted by Gasteiger charge is 2.60. The van der Waals surface area contributed by atoms with Gasteiger partial charge in [0.2, 0.25) is 5.95 Å². The molecule has 9 nitrogen and oxygen atoms in total. The number of aliphatic hydroxyl groups excluding tert-OH is 1. The Morgan fingerprint density at radius 3 is 2.58 bits per heavy atom. The number of esters is 1. The van der Waals surface area contributed by atoms with Crippen molar-refractivity contribution in [2.24, 2.45) is 17.8 Å². The fraction of sp³-hybridized carbons (Fsp3) is 0.379. The molecule has 1 saturated carbocycles. The van der Waals surface area contributed by atoms with Crippen LogP contribution in [0.4, 0.5) is 14.7 Å². The minimum Gasteiger partial charge on any atom is -0.466 e. The number of piperidine rings is 1. The predicted octanol–water partition coefficient (Wildman–Crippen LogP) is 4.21. The van der Waals surface area contributed by atoms with Gasteiger partial charge in [0.25, 0.3) is 0 Å². The molecule has 0 radical (unpaired) electrons. The quantitative estimate of drug-likeness (QED) is 0.344. The van der Waals surface area contributed by atoms with Crippen molar-refractivity contribution in [3.8, 4) is 16.9 Å². The third-order valence-corrected chi connectivity index (χ3v) is 8.31. The van der Waals surface area contributed by atoms with Crippen LogP contribution < -0.4 is 9.64 Å². The maximum Gasteiger partial charge on any atom is 0.387 e. The van der Waals surface area contributed by atoms with Crippen molar-refractivity contribution < 1.29 is 28.2 Å². The molecule has 1 aliphatic heterocycles. The summed E-state index contributed by atoms with van der Waals surface area (Å²) in [5, 5.41) is 10.8. The second kappa shape index (κ2) is 9.51. The predicted molar refractivity (Wildman–Crippen MR) is 140 cm³/mol. The Morgan fingerprint density at radius 2 is 1.85 bits per heavy atom. The van der Waals surface area contributed by atoms with Crippen molar-refractivity contribution in [1.29, 1.82) is 0 Å². The summed E-state index contributed by atoms with van der Waals surface area (Å²) in [6.07, 6.45) is 4.95. The third kappa shape index (κ3) is 4.07. The lowest BCUT2D eigenvalue weighted by Crippen LogP contribution is -2.28. The topological polar surface area (TPSA) is 102 Å². The molecule has 2 aliphatic carbocycles. The van der Waals surface area contributed by atoms with Gasteiger partial charge in [-0.1, -0.05) is 18.2 Å². The summed E-state index contributed by atoms with van der Waals surface area (Å²) >= 11 is 0. The van der Waals surface area contributed by atoms with Gasteiger partial charge in [-0.15, -0.1) is 0 Å². The molecule has 3 aliphatic rings. The average Bonchev–Trinajstić information content (AvgIpc) is 3.24. The lowest BCUT2D eigenvalue weighted by Gasteiger charge is -2.19. The summed E-state index contributed by atoms with van der Waals surface area (Å²) in [7, 11) is 0. The van der Waals surface area contributed by atoms with Gasteiger partial charge in [-0.05, 0) is 43.4 Å². The van der Waals surface area contributed by atoms with Gasteiger partial charge in [0.1, 0.15) is 11.4 Å². The third-order valence-electron chi connectivity index (χ3n) is 8.31. The number of benzene rings is 1. The van der Waals surface area contributed by atoms with E-state index in [0.29, 0.717) is 47.7 Å². The Morgan fingerprint density at radius 1 is 1.10 bits per heavy atom. The number of pyridine rings is 1. The number of anilines is 1. The van der Waals surface area contributed by atoms with E-state index in [4.69, 9.17) is 9.47 Å². The van der Waals surface area contributed by atoms with Gasteiger partial charge < -0.3 is 23.9 Å². The number of hydrogen-bond acceptors (Lipinski definition) is 8. The molecule has 0 unspecified atom stereocenters. The number of halogens is 2. The average molecular weight is 548 g/mol. The van der Waals surface area contributed by atoms with E-state index in [0.717, 1.165) is 29.9 Å². The van der Waals surface area contributed by atoms with Crippen LogP contribution in [0.25, 0.3) is 16.8 Å². The van der Waals surface area contributed by atoms with E-state index in [1.807, 2.05) is 29.7 Å². The van der Waals surface area contributed by atoms with E-state index in [9.17, 15) is 18.7 Å². The fourth-order valence-corrected chi connectivity index (χ4v) is 6.45. The first-order valence-electron chi connectivity index (χ1n) is 13.4. The molecule has 1 N–H and O–H groups in total. The van der Waals surface area contributed by atoms with Crippen LogP contribution in [0.5, 0.6) is 5.75 Å². The smallest absolute Gasteiger partial charge is 0.387 e. The minimum atomic E-state index is -2.95. The molecule has 0 bridgehead atoms. The van der Waals surface area contributed by atoms with E-state index in [1.165, 1.54) is 6.07 Å². The molecule has 11 heteroatoms. The number of nitrogens with zero attached hydrogens (tertiary/aromatic N) is 5. The van der Waals surface area contributed by atoms with Gasteiger partial charge in [0.05, 0.1) is 30.0 Å². The Balaban J connectivity index is 1.15. The summed E-state index contributed by atoms with van der Waals surface area (Å²) in [5.41, 5.74) is 4.17. The highest BCUT2D eigenvalue weighted by Crippen LogP contribution is 2.53. The lowest BCUT2D eigenvalue weighted by molar-refractivity contribution is -0.145. The van der Waals surface area contributed by atoms with E-state index < -0.39 is 12.7 Å². The number of aromatic nitrogens is 4. The van der Waals surface area contributed by atoms with Crippen molar-refractivity contribution in [2.75, 3.05) is 24.6 Å². The molecule has 2 fully saturated rings. The molecular weight excluding hydrogens is 520 g/mol. The van der Waals surface area contributed by atoms with Crippen LogP contribution in [0, 0.1) is 17.8 Å². The van der Waals surface area contributed by atoms with Crippen molar-refractivity contribution in [3.05, 3.63) is 71.9 Å². The Hall–Kier alpha value is -4.12. The standard InChI is InChI=1S/C29H27F2N5O4/c1-2-39-27(38)24-19-13-35(14-20(19)24)29-32-10-16(11-33-29)15-7-8-23-34-25-21(37)9-18(26(25)36(23)12-15)17-5-3-4-6-22(17)40-28(30)31/h3-8,10-12,18-21,24,28,37H,2,9,13-14H2,1H3/t18-,19-,20+,21-,24+/m1/s1. The van der Waals surface area contributed by atoms with Crippen molar-refractivity contribution in [2.45, 2.75) is 32.0 Å². The van der Waals surface area contributed by atoms with Crippen LogP contribution >= 0.6 is 0 Å². The number of imidazole rings is 1. The maximum absolute atomic E-state index is 13.1. The number of carbonyl (C=O) groups is 1. The van der Waals surface area contributed by atoms with Gasteiger partial charge in [0.15, 0.2) is 0 Å². The zero-order valence-corrected chi connectivity index (χ0v) is 21.7. The number of aliphatic hydroxyl groups is 1. The monoisotopic (exact) mass is 547 g/mol. The highest BCUT2D eigenvalue weighted by atomic mass is 19.3. The molecule has 4 aromatic rings. The first kappa shape index (κ1) is 24.9. The highest BCUT2D eigenvalue weighted by molar-refractivity contribution is 5.77. The van der Waals surface area contributed by atoms with Crippen LogP contribution in [0.1, 0.15) is 42.3 Å². The molecule has 1 saturated heterocycles. The molecule has 40 heavy (non-hydrogen) atoms. The molecule has 7 rings (SSSR count). The van der Waals surface area contributed by atoms with Crippen LogP contribution in [0.15, 0.2) is 55.0 Å². The summed E-state index contributed by atoms with van der Waals surface area (Å²) in [5.74, 6) is 0.835. The fourth-order valence-electron chi connectivity index (χ4n) is 6.45. The molecule has 0 amide bonds. The summed E-state index contributed by atoms with van der Waals surface area (Å²) < 4.78 is 38.1. The van der Waals surface area contributed by atoms with Crippen LogP contribution in [0.2, 0.25) is 0 Å². The number of hydrogen-bond donors (Lipinski definition) is 1. The number of ether oxygens (including phenoxy) is 2. The molecule has 5 atom stereocenters. The molecule has 0 spiro atoms. The largest absolute Gasteiger partial charge is 0.466 e. The molecule has 206 valence electrons. The Kier molecular flexibility index (Phi) is 5.92. The number of carbonyl (C=O) groups excluding carboxylic acids is 1. The van der Waals surface area contributed by atoms with Gasteiger partial charge in [0, 0.05) is 54.3 Å². The van der Waals surface area contributed by atoms with E-state index in [1.54, 1.807) is 30.6 Å². The van der Waals surface area contributed by atoms with Gasteiger partial charge in [-0.25, -0.2) is 15.0 Å². The minimum absolute atomic E-state index is 0.00430. The zero-order valence-electron chi connectivity index (χ0n) is 21.7. The van der Waals surface area contributed by atoms with Crippen molar-refractivity contribution >= 4 is 17.6 Å². The Bertz CT molecular complexity index is 1580. The number of fused-ring (bicyclic) bond motifs is 4. The molecular formula is C29H27F2N5O4. The van der Waals surface area contributed by atoms with Crippen molar-refractivity contribution in [1.82, 2.24) is 19.4 Å². The summed E-state index contributed by atoms with van der Waals surface area (Å²) in [4.78, 5) is 28.0. The lowest BCUT2D eigenvalue weighted by atomic mass is 9.95. The van der Waals surface area contributed by atoms with Gasteiger partial charge in [-0.3, -0.25) is 4.79 Å². The van der Waals surface area contributed by atoms with E-state index in [-0.39, 0.29) is 23.6 Å². The number of para-hydroxylation sites is 1. The zero-order chi connectivity index (χ0) is 27.5. The van der Waals surface area contributed by atoms with Crippen molar-refractivity contribution in [3.63, 3.8) is 0 Å². The summed E-state index contributed by atoms with van der Waals surface area (Å²) in [6.45, 7) is 0.747. The van der Waals surface area contributed by atoms with Crippen LogP contribution in [0.3, 0.4) is 0 Å². The number of alkyl halides is 2. The first-order valence-corrected chi connectivity index (χ1v) is 13.4. The van der Waals surface area contributed by atoms with Crippen LogP contribution in [-0.4, -0.2) is 56.7 Å². The Labute approximate surface area is 228 Å². The number of rotatable bonds is 7. The summed E-state index contributed by atoms with van der Waals surface area (Å²) in [6, 6.07) is 10.5. The maximum atomic E-state index is 13.1. The first-order chi connectivity index (χ1) is 19.4. The SMILES string of the molecule is CCOC(=O)[C@H]1[C@@H]2CN(c3ncc(-c4ccc5nc6c(n5c4)[C@@H](c4ccccc4OC(F)F)C[C@H]6O)cn3)C[C@@H]21. The van der Waals surface area contributed by atoms with E-state index >= 15 is 0 Å². The van der Waals surface area contributed by atoms with Crippen LogP contribution in [-0.2, 0) is 9.53 Å². The van der Waals surface area contributed by atoms with Gasteiger partial charge in [-0.2, -0.15) is 8.78 Å². The second-order valence-corrected chi connectivity index (χ2v) is 10.5.